The predicted octanol–water partition coefficient (Wildman–Crippen LogP) is 2.98. The highest BCUT2D eigenvalue weighted by atomic mass is 32.1. The lowest BCUT2D eigenvalue weighted by atomic mass is 10.3. The van der Waals surface area contributed by atoms with Crippen LogP contribution in [0.4, 0.5) is 5.13 Å². The summed E-state index contributed by atoms with van der Waals surface area (Å²) < 4.78 is 0. The molecule has 2 heterocycles. The minimum absolute atomic E-state index is 0.794. The van der Waals surface area contributed by atoms with Gasteiger partial charge in [-0.15, -0.1) is 11.3 Å². The molecule has 0 amide bonds. The zero-order valence-corrected chi connectivity index (χ0v) is 15.7. The highest BCUT2D eigenvalue weighted by Gasteiger charge is 2.15. The van der Waals surface area contributed by atoms with Crippen LogP contribution in [0.3, 0.4) is 0 Å². The van der Waals surface area contributed by atoms with Gasteiger partial charge in [-0.1, -0.05) is 13.3 Å². The molecule has 1 aliphatic rings. The van der Waals surface area contributed by atoms with E-state index in [4.69, 9.17) is 9.98 Å². The SMILES string of the molecule is CCCCN(C)C(=NCCc1csc(N2CCCC2)n1)NCC. The third kappa shape index (κ3) is 5.68. The number of hydrogen-bond acceptors (Lipinski definition) is 4. The summed E-state index contributed by atoms with van der Waals surface area (Å²) in [6.45, 7) is 9.42. The number of anilines is 1. The Labute approximate surface area is 144 Å². The maximum atomic E-state index is 4.77. The van der Waals surface area contributed by atoms with Crippen LogP contribution in [0.5, 0.6) is 0 Å². The maximum Gasteiger partial charge on any atom is 0.193 e. The van der Waals surface area contributed by atoms with Crippen molar-refractivity contribution in [1.82, 2.24) is 15.2 Å². The van der Waals surface area contributed by atoms with Gasteiger partial charge in [0.05, 0.1) is 5.69 Å². The minimum Gasteiger partial charge on any atom is -0.357 e. The lowest BCUT2D eigenvalue weighted by Gasteiger charge is -2.21. The number of aliphatic imine (C=N–C) groups is 1. The van der Waals surface area contributed by atoms with Crippen molar-refractivity contribution in [3.8, 4) is 0 Å². The zero-order valence-electron chi connectivity index (χ0n) is 14.8. The average molecular weight is 338 g/mol. The van der Waals surface area contributed by atoms with Crippen LogP contribution in [-0.4, -0.2) is 55.6 Å². The second-order valence-corrected chi connectivity index (χ2v) is 6.91. The van der Waals surface area contributed by atoms with Crippen molar-refractivity contribution in [2.45, 2.75) is 46.0 Å². The Bertz CT molecular complexity index is 479. The lowest BCUT2D eigenvalue weighted by molar-refractivity contribution is 0.465. The highest BCUT2D eigenvalue weighted by molar-refractivity contribution is 7.13. The van der Waals surface area contributed by atoms with Crippen LogP contribution in [0.2, 0.25) is 0 Å². The number of guanidine groups is 1. The van der Waals surface area contributed by atoms with Gasteiger partial charge >= 0.3 is 0 Å². The molecule has 130 valence electrons. The molecule has 0 bridgehead atoms. The van der Waals surface area contributed by atoms with E-state index in [1.54, 1.807) is 11.3 Å². The standard InChI is InChI=1S/C17H31N5S/c1-4-6-11-21(3)16(18-5-2)19-10-9-15-14-23-17(20-15)22-12-7-8-13-22/h14H,4-13H2,1-3H3,(H,18,19). The van der Waals surface area contributed by atoms with Crippen molar-refractivity contribution in [2.75, 3.05) is 44.7 Å². The van der Waals surface area contributed by atoms with Gasteiger partial charge in [0.15, 0.2) is 11.1 Å². The minimum atomic E-state index is 0.794. The Morgan fingerprint density at radius 2 is 2.17 bits per heavy atom. The first kappa shape index (κ1) is 18.0. The van der Waals surface area contributed by atoms with E-state index in [0.717, 1.165) is 45.1 Å². The second-order valence-electron chi connectivity index (χ2n) is 6.08. The second kappa shape index (κ2) is 9.75. The molecule has 5 nitrogen and oxygen atoms in total. The summed E-state index contributed by atoms with van der Waals surface area (Å²) in [6, 6.07) is 0. The van der Waals surface area contributed by atoms with Gasteiger partial charge in [-0.2, -0.15) is 0 Å². The van der Waals surface area contributed by atoms with E-state index in [1.807, 2.05) is 0 Å². The summed E-state index contributed by atoms with van der Waals surface area (Å²) >= 11 is 1.77. The Kier molecular flexibility index (Phi) is 7.65. The van der Waals surface area contributed by atoms with E-state index in [9.17, 15) is 0 Å². The molecule has 0 unspecified atom stereocenters. The summed E-state index contributed by atoms with van der Waals surface area (Å²) in [7, 11) is 2.12. The Morgan fingerprint density at radius 3 is 2.87 bits per heavy atom. The normalized spacial score (nSPS) is 15.3. The molecule has 1 aromatic heterocycles. The van der Waals surface area contributed by atoms with Gasteiger partial charge in [0.25, 0.3) is 0 Å². The molecule has 2 rings (SSSR count). The number of thiazole rings is 1. The van der Waals surface area contributed by atoms with Crippen molar-refractivity contribution < 1.29 is 0 Å². The lowest BCUT2D eigenvalue weighted by Crippen LogP contribution is -2.39. The molecule has 1 N–H and O–H groups in total. The van der Waals surface area contributed by atoms with Crippen LogP contribution in [-0.2, 0) is 6.42 Å². The number of nitrogens with zero attached hydrogens (tertiary/aromatic N) is 4. The van der Waals surface area contributed by atoms with Crippen LogP contribution in [0.1, 0.15) is 45.2 Å². The molecule has 1 aliphatic heterocycles. The van der Waals surface area contributed by atoms with Crippen molar-refractivity contribution >= 4 is 22.4 Å². The molecular weight excluding hydrogens is 306 g/mol. The number of hydrogen-bond donors (Lipinski definition) is 1. The molecule has 0 radical (unpaired) electrons. The Morgan fingerprint density at radius 1 is 1.39 bits per heavy atom. The van der Waals surface area contributed by atoms with Gasteiger partial charge < -0.3 is 15.1 Å². The van der Waals surface area contributed by atoms with Crippen LogP contribution < -0.4 is 10.2 Å². The monoisotopic (exact) mass is 337 g/mol. The number of rotatable bonds is 8. The van der Waals surface area contributed by atoms with Crippen LogP contribution in [0, 0.1) is 0 Å². The van der Waals surface area contributed by atoms with E-state index in [2.05, 4.69) is 41.4 Å². The van der Waals surface area contributed by atoms with E-state index >= 15 is 0 Å². The number of nitrogens with one attached hydrogen (secondary N) is 1. The van der Waals surface area contributed by atoms with Crippen molar-refractivity contribution in [1.29, 1.82) is 0 Å². The van der Waals surface area contributed by atoms with E-state index in [0.29, 0.717) is 0 Å². The molecular formula is C17H31N5S. The largest absolute Gasteiger partial charge is 0.357 e. The van der Waals surface area contributed by atoms with Gasteiger partial charge in [0.2, 0.25) is 0 Å². The molecule has 0 spiro atoms. The zero-order chi connectivity index (χ0) is 16.5. The quantitative estimate of drug-likeness (QED) is 0.585. The van der Waals surface area contributed by atoms with Gasteiger partial charge in [-0.05, 0) is 26.2 Å². The average Bonchev–Trinajstić information content (AvgIpc) is 3.22. The summed E-state index contributed by atoms with van der Waals surface area (Å²) in [5.41, 5.74) is 1.17. The molecule has 0 atom stereocenters. The molecule has 1 aromatic rings. The van der Waals surface area contributed by atoms with Crippen LogP contribution >= 0.6 is 11.3 Å². The molecule has 0 aromatic carbocycles. The van der Waals surface area contributed by atoms with Crippen LogP contribution in [0.25, 0.3) is 0 Å². The van der Waals surface area contributed by atoms with Gasteiger partial charge in [-0.25, -0.2) is 4.98 Å². The number of unbranched alkanes of at least 4 members (excludes halogenated alkanes) is 1. The molecule has 23 heavy (non-hydrogen) atoms. The molecule has 1 saturated heterocycles. The predicted molar refractivity (Wildman–Crippen MR) is 101 cm³/mol. The Hall–Kier alpha value is -1.30. The van der Waals surface area contributed by atoms with E-state index < -0.39 is 0 Å². The summed E-state index contributed by atoms with van der Waals surface area (Å²) in [4.78, 5) is 14.2. The van der Waals surface area contributed by atoms with E-state index in [-0.39, 0.29) is 0 Å². The van der Waals surface area contributed by atoms with Crippen molar-refractivity contribution in [3.63, 3.8) is 0 Å². The Balaban J connectivity index is 1.84. The van der Waals surface area contributed by atoms with Crippen molar-refractivity contribution in [2.24, 2.45) is 4.99 Å². The smallest absolute Gasteiger partial charge is 0.193 e. The highest BCUT2D eigenvalue weighted by Crippen LogP contribution is 2.24. The van der Waals surface area contributed by atoms with Gasteiger partial charge in [0.1, 0.15) is 0 Å². The summed E-state index contributed by atoms with van der Waals surface area (Å²) in [6.07, 6.45) is 5.93. The summed E-state index contributed by atoms with van der Waals surface area (Å²) in [5, 5.41) is 6.76. The van der Waals surface area contributed by atoms with Gasteiger partial charge in [-0.3, -0.25) is 4.99 Å². The third-order valence-corrected chi connectivity index (χ3v) is 5.04. The third-order valence-electron chi connectivity index (χ3n) is 4.09. The molecule has 0 aliphatic carbocycles. The van der Waals surface area contributed by atoms with E-state index in [1.165, 1.54) is 36.5 Å². The first-order chi connectivity index (χ1) is 11.2. The first-order valence-corrected chi connectivity index (χ1v) is 9.81. The summed E-state index contributed by atoms with van der Waals surface area (Å²) in [5.74, 6) is 1.01. The molecule has 1 fully saturated rings. The maximum absolute atomic E-state index is 4.77. The fourth-order valence-corrected chi connectivity index (χ4v) is 3.63. The molecule has 0 saturated carbocycles. The molecule has 6 heteroatoms. The van der Waals surface area contributed by atoms with Crippen LogP contribution in [0.15, 0.2) is 10.4 Å². The van der Waals surface area contributed by atoms with Gasteiger partial charge in [0, 0.05) is 51.6 Å². The topological polar surface area (TPSA) is 43.8 Å². The fourth-order valence-electron chi connectivity index (χ4n) is 2.71. The number of aromatic nitrogens is 1. The first-order valence-electron chi connectivity index (χ1n) is 8.93. The van der Waals surface area contributed by atoms with Crippen molar-refractivity contribution in [3.05, 3.63) is 11.1 Å². The fraction of sp³-hybridized carbons (Fsp3) is 0.765.